The van der Waals surface area contributed by atoms with E-state index in [2.05, 4.69) is 24.5 Å². The van der Waals surface area contributed by atoms with Gasteiger partial charge in [0.1, 0.15) is 0 Å². The molecule has 0 aromatic heterocycles. The molecule has 3 N–H and O–H groups in total. The van der Waals surface area contributed by atoms with Crippen molar-refractivity contribution in [2.45, 2.75) is 64.5 Å². The van der Waals surface area contributed by atoms with Gasteiger partial charge in [0.25, 0.3) is 0 Å². The molecular weight excluding hydrogens is 224 g/mol. The highest BCUT2D eigenvalue weighted by Crippen LogP contribution is 2.32. The maximum absolute atomic E-state index is 9.08. The van der Waals surface area contributed by atoms with E-state index < -0.39 is 0 Å². The van der Waals surface area contributed by atoms with E-state index >= 15 is 0 Å². The Labute approximate surface area is 112 Å². The molecule has 3 unspecified atom stereocenters. The maximum atomic E-state index is 9.08. The summed E-state index contributed by atoms with van der Waals surface area (Å²) in [6.45, 7) is 7.03. The van der Waals surface area contributed by atoms with Gasteiger partial charge in [0.15, 0.2) is 0 Å². The van der Waals surface area contributed by atoms with Crippen LogP contribution in [0.1, 0.15) is 52.4 Å². The van der Waals surface area contributed by atoms with Gasteiger partial charge in [-0.1, -0.05) is 20.3 Å². The molecule has 0 amide bonds. The Hall–Kier alpha value is -0.120. The van der Waals surface area contributed by atoms with Crippen LogP contribution in [0.3, 0.4) is 0 Å². The van der Waals surface area contributed by atoms with E-state index in [1.807, 2.05) is 0 Å². The smallest absolute Gasteiger partial charge is 0.0436 e. The number of nitrogens with one attached hydrogen (secondary N) is 2. The van der Waals surface area contributed by atoms with Crippen LogP contribution in [0.25, 0.3) is 0 Å². The zero-order valence-corrected chi connectivity index (χ0v) is 12.0. The monoisotopic (exact) mass is 254 g/mol. The summed E-state index contributed by atoms with van der Waals surface area (Å²) in [5.74, 6) is 0.831. The first kappa shape index (κ1) is 14.3. The van der Waals surface area contributed by atoms with Crippen molar-refractivity contribution in [3.05, 3.63) is 0 Å². The van der Waals surface area contributed by atoms with E-state index in [-0.39, 0.29) is 5.41 Å². The molecule has 3 nitrogen and oxygen atoms in total. The summed E-state index contributed by atoms with van der Waals surface area (Å²) >= 11 is 0. The van der Waals surface area contributed by atoms with Gasteiger partial charge < -0.3 is 15.7 Å². The van der Waals surface area contributed by atoms with Crippen molar-refractivity contribution in [3.63, 3.8) is 0 Å². The molecule has 2 rings (SSSR count). The Morgan fingerprint density at radius 3 is 2.72 bits per heavy atom. The Morgan fingerprint density at radius 1 is 1.22 bits per heavy atom. The quantitative estimate of drug-likeness (QED) is 0.678. The Balaban J connectivity index is 1.80. The fourth-order valence-corrected chi connectivity index (χ4v) is 3.60. The summed E-state index contributed by atoms with van der Waals surface area (Å²) in [7, 11) is 0. The number of aliphatic hydroxyl groups is 1. The van der Waals surface area contributed by atoms with Crippen molar-refractivity contribution >= 4 is 0 Å². The first-order valence-corrected chi connectivity index (χ1v) is 7.70. The van der Waals surface area contributed by atoms with Gasteiger partial charge in [0.05, 0.1) is 0 Å². The molecule has 2 aliphatic rings. The van der Waals surface area contributed by atoms with E-state index in [0.29, 0.717) is 12.6 Å². The SMILES string of the molecule is CC(C)(CCO)CNC1CCCC1C1CCCN1. The lowest BCUT2D eigenvalue weighted by atomic mass is 9.88. The van der Waals surface area contributed by atoms with E-state index in [1.165, 1.54) is 38.6 Å². The molecule has 2 fully saturated rings. The second-order valence-electron chi connectivity index (χ2n) is 6.92. The summed E-state index contributed by atoms with van der Waals surface area (Å²) in [4.78, 5) is 0. The molecule has 3 heteroatoms. The van der Waals surface area contributed by atoms with Crippen LogP contribution in [0.4, 0.5) is 0 Å². The topological polar surface area (TPSA) is 44.3 Å². The highest BCUT2D eigenvalue weighted by Gasteiger charge is 2.35. The van der Waals surface area contributed by atoms with Crippen LogP contribution in [0.2, 0.25) is 0 Å². The van der Waals surface area contributed by atoms with Gasteiger partial charge >= 0.3 is 0 Å². The molecule has 1 saturated carbocycles. The molecule has 1 aliphatic carbocycles. The van der Waals surface area contributed by atoms with Gasteiger partial charge in [-0.25, -0.2) is 0 Å². The van der Waals surface area contributed by atoms with Crippen molar-refractivity contribution in [2.75, 3.05) is 19.7 Å². The summed E-state index contributed by atoms with van der Waals surface area (Å²) in [6.07, 6.45) is 7.70. The zero-order chi connectivity index (χ0) is 13.0. The first-order valence-electron chi connectivity index (χ1n) is 7.70. The number of aliphatic hydroxyl groups excluding tert-OH is 1. The van der Waals surface area contributed by atoms with Crippen LogP contribution in [0.5, 0.6) is 0 Å². The second-order valence-corrected chi connectivity index (χ2v) is 6.92. The van der Waals surface area contributed by atoms with Crippen LogP contribution in [-0.2, 0) is 0 Å². The molecule has 1 aliphatic heterocycles. The van der Waals surface area contributed by atoms with Crippen LogP contribution in [0, 0.1) is 11.3 Å². The molecular formula is C15H30N2O. The van der Waals surface area contributed by atoms with Crippen LogP contribution in [0.15, 0.2) is 0 Å². The molecule has 18 heavy (non-hydrogen) atoms. The number of hydrogen-bond donors (Lipinski definition) is 3. The predicted molar refractivity (Wildman–Crippen MR) is 75.6 cm³/mol. The molecule has 1 heterocycles. The minimum Gasteiger partial charge on any atom is -0.396 e. The van der Waals surface area contributed by atoms with Gasteiger partial charge in [-0.15, -0.1) is 0 Å². The van der Waals surface area contributed by atoms with Gasteiger partial charge in [-0.2, -0.15) is 0 Å². The average Bonchev–Trinajstić information content (AvgIpc) is 2.97. The van der Waals surface area contributed by atoms with Gasteiger partial charge in [0.2, 0.25) is 0 Å². The number of rotatable bonds is 6. The lowest BCUT2D eigenvalue weighted by Gasteiger charge is -2.31. The van der Waals surface area contributed by atoms with Crippen molar-refractivity contribution < 1.29 is 5.11 Å². The Kier molecular flexibility index (Phi) is 5.05. The molecule has 0 radical (unpaired) electrons. The fourth-order valence-electron chi connectivity index (χ4n) is 3.60. The van der Waals surface area contributed by atoms with Gasteiger partial charge in [-0.3, -0.25) is 0 Å². The van der Waals surface area contributed by atoms with E-state index in [1.54, 1.807) is 0 Å². The third-order valence-electron chi connectivity index (χ3n) is 4.82. The van der Waals surface area contributed by atoms with Crippen molar-refractivity contribution in [1.29, 1.82) is 0 Å². The van der Waals surface area contributed by atoms with Crippen molar-refractivity contribution in [1.82, 2.24) is 10.6 Å². The third-order valence-corrected chi connectivity index (χ3v) is 4.82. The summed E-state index contributed by atoms with van der Waals surface area (Å²) < 4.78 is 0. The van der Waals surface area contributed by atoms with Crippen LogP contribution in [-0.4, -0.2) is 36.9 Å². The summed E-state index contributed by atoms with van der Waals surface area (Å²) in [5.41, 5.74) is 0.213. The number of hydrogen-bond acceptors (Lipinski definition) is 3. The normalized spacial score (nSPS) is 33.2. The minimum atomic E-state index is 0.213. The summed E-state index contributed by atoms with van der Waals surface area (Å²) in [6, 6.07) is 1.45. The summed E-state index contributed by atoms with van der Waals surface area (Å²) in [5, 5.41) is 16.5. The molecule has 0 bridgehead atoms. The highest BCUT2D eigenvalue weighted by atomic mass is 16.3. The van der Waals surface area contributed by atoms with Gasteiger partial charge in [0, 0.05) is 25.2 Å². The lowest BCUT2D eigenvalue weighted by Crippen LogP contribution is -2.45. The molecule has 0 spiro atoms. The molecule has 0 aromatic rings. The van der Waals surface area contributed by atoms with E-state index in [0.717, 1.165) is 24.9 Å². The lowest BCUT2D eigenvalue weighted by molar-refractivity contribution is 0.195. The van der Waals surface area contributed by atoms with Crippen molar-refractivity contribution in [3.8, 4) is 0 Å². The predicted octanol–water partition coefficient (Wildman–Crippen LogP) is 1.91. The average molecular weight is 254 g/mol. The highest BCUT2D eigenvalue weighted by molar-refractivity contribution is 4.93. The largest absolute Gasteiger partial charge is 0.396 e. The molecule has 3 atom stereocenters. The van der Waals surface area contributed by atoms with Crippen molar-refractivity contribution in [2.24, 2.45) is 11.3 Å². The minimum absolute atomic E-state index is 0.213. The van der Waals surface area contributed by atoms with Gasteiger partial charge in [-0.05, 0) is 50.0 Å². The molecule has 106 valence electrons. The first-order chi connectivity index (χ1) is 8.62. The Morgan fingerprint density at radius 2 is 2.06 bits per heavy atom. The maximum Gasteiger partial charge on any atom is 0.0436 e. The van der Waals surface area contributed by atoms with E-state index in [4.69, 9.17) is 5.11 Å². The van der Waals surface area contributed by atoms with Crippen LogP contribution >= 0.6 is 0 Å². The fraction of sp³-hybridized carbons (Fsp3) is 1.00. The molecule has 0 aromatic carbocycles. The standard InChI is InChI=1S/C15H30N2O/c1-15(2,8-10-18)11-17-14-6-3-5-12(14)13-7-4-9-16-13/h12-14,16-18H,3-11H2,1-2H3. The van der Waals surface area contributed by atoms with E-state index in [9.17, 15) is 0 Å². The molecule has 1 saturated heterocycles. The zero-order valence-electron chi connectivity index (χ0n) is 12.0. The Bertz CT molecular complexity index is 249. The second kappa shape index (κ2) is 6.36. The van der Waals surface area contributed by atoms with Crippen LogP contribution < -0.4 is 10.6 Å². The third kappa shape index (κ3) is 3.69.